The average Bonchev–Trinajstić information content (AvgIpc) is 2.52. The molecule has 0 heterocycles. The van der Waals surface area contributed by atoms with Crippen LogP contribution in [0.15, 0.2) is 53.6 Å². The van der Waals surface area contributed by atoms with Crippen LogP contribution in [-0.2, 0) is 6.61 Å². The van der Waals surface area contributed by atoms with Crippen LogP contribution in [0.5, 0.6) is 5.75 Å². The summed E-state index contributed by atoms with van der Waals surface area (Å²) in [4.78, 5) is 0. The summed E-state index contributed by atoms with van der Waals surface area (Å²) in [5.41, 5.74) is 6.02. The number of aliphatic hydroxyl groups is 1. The monoisotopic (exact) mass is 284 g/mol. The van der Waals surface area contributed by atoms with E-state index in [0.717, 1.165) is 16.9 Å². The average molecular weight is 284 g/mol. The zero-order valence-corrected chi connectivity index (χ0v) is 12.1. The summed E-state index contributed by atoms with van der Waals surface area (Å²) in [6, 6.07) is 16.0. The molecule has 0 aliphatic heterocycles. The fraction of sp³-hybridized carbons (Fsp3) is 0.235. The van der Waals surface area contributed by atoms with E-state index in [2.05, 4.69) is 41.7 Å². The van der Waals surface area contributed by atoms with Crippen LogP contribution in [-0.4, -0.2) is 24.5 Å². The predicted octanol–water partition coefficient (Wildman–Crippen LogP) is 2.49. The molecule has 2 aromatic rings. The summed E-state index contributed by atoms with van der Waals surface area (Å²) >= 11 is 0. The van der Waals surface area contributed by atoms with Crippen molar-refractivity contribution >= 4 is 6.21 Å². The van der Waals surface area contributed by atoms with Crippen LogP contribution < -0.4 is 10.2 Å². The Bertz CT molecular complexity index is 580. The van der Waals surface area contributed by atoms with Gasteiger partial charge in [0.1, 0.15) is 12.4 Å². The van der Waals surface area contributed by atoms with Gasteiger partial charge in [0.05, 0.1) is 19.4 Å². The zero-order valence-electron chi connectivity index (χ0n) is 12.1. The predicted molar refractivity (Wildman–Crippen MR) is 84.6 cm³/mol. The molecule has 4 heteroatoms. The van der Waals surface area contributed by atoms with E-state index in [-0.39, 0.29) is 6.61 Å². The van der Waals surface area contributed by atoms with Crippen molar-refractivity contribution in [3.05, 3.63) is 65.2 Å². The Morgan fingerprint density at radius 2 is 1.90 bits per heavy atom. The summed E-state index contributed by atoms with van der Waals surface area (Å²) in [7, 11) is 0. The van der Waals surface area contributed by atoms with Gasteiger partial charge in [0.15, 0.2) is 0 Å². The number of benzene rings is 2. The van der Waals surface area contributed by atoms with E-state index in [1.54, 1.807) is 6.21 Å². The van der Waals surface area contributed by atoms with Crippen molar-refractivity contribution in [2.24, 2.45) is 5.10 Å². The van der Waals surface area contributed by atoms with E-state index in [1.165, 1.54) is 5.56 Å². The van der Waals surface area contributed by atoms with Crippen molar-refractivity contribution in [1.82, 2.24) is 5.43 Å². The zero-order chi connectivity index (χ0) is 14.9. The van der Waals surface area contributed by atoms with Crippen molar-refractivity contribution in [1.29, 1.82) is 0 Å². The first-order valence-corrected chi connectivity index (χ1v) is 6.94. The van der Waals surface area contributed by atoms with Crippen LogP contribution in [0.4, 0.5) is 0 Å². The van der Waals surface area contributed by atoms with Crippen LogP contribution in [0.1, 0.15) is 16.7 Å². The first-order valence-electron chi connectivity index (χ1n) is 6.94. The van der Waals surface area contributed by atoms with Crippen molar-refractivity contribution in [2.75, 3.05) is 13.2 Å². The highest BCUT2D eigenvalue weighted by molar-refractivity contribution is 5.83. The largest absolute Gasteiger partial charge is 0.488 e. The smallest absolute Gasteiger partial charge is 0.128 e. The van der Waals surface area contributed by atoms with Gasteiger partial charge in [-0.15, -0.1) is 0 Å². The molecule has 0 aliphatic carbocycles. The van der Waals surface area contributed by atoms with Crippen LogP contribution >= 0.6 is 0 Å². The van der Waals surface area contributed by atoms with Crippen molar-refractivity contribution in [3.8, 4) is 5.75 Å². The van der Waals surface area contributed by atoms with Crippen LogP contribution in [0.3, 0.4) is 0 Å². The Balaban J connectivity index is 1.99. The molecule has 2 N–H and O–H groups in total. The van der Waals surface area contributed by atoms with Crippen molar-refractivity contribution in [2.45, 2.75) is 13.5 Å². The van der Waals surface area contributed by atoms with Gasteiger partial charge in [0, 0.05) is 5.56 Å². The molecule has 110 valence electrons. The van der Waals surface area contributed by atoms with Gasteiger partial charge in [-0.3, -0.25) is 0 Å². The Morgan fingerprint density at radius 3 is 2.67 bits per heavy atom. The highest BCUT2D eigenvalue weighted by atomic mass is 16.5. The first kappa shape index (κ1) is 15.1. The summed E-state index contributed by atoms with van der Waals surface area (Å²) in [5, 5.41) is 12.7. The van der Waals surface area contributed by atoms with E-state index >= 15 is 0 Å². The molecule has 0 aromatic heterocycles. The van der Waals surface area contributed by atoms with Gasteiger partial charge in [-0.2, -0.15) is 5.10 Å². The van der Waals surface area contributed by atoms with Crippen LogP contribution in [0, 0.1) is 6.92 Å². The number of aliphatic hydroxyl groups excluding tert-OH is 1. The third-order valence-electron chi connectivity index (χ3n) is 2.95. The molecule has 0 saturated carbocycles. The molecule has 0 bridgehead atoms. The fourth-order valence-corrected chi connectivity index (χ4v) is 1.79. The second-order valence-electron chi connectivity index (χ2n) is 4.70. The molecular weight excluding hydrogens is 264 g/mol. The minimum atomic E-state index is 0.0584. The number of para-hydroxylation sites is 1. The molecule has 0 amide bonds. The number of aryl methyl sites for hydroxylation is 1. The second kappa shape index (κ2) is 8.07. The van der Waals surface area contributed by atoms with E-state index in [4.69, 9.17) is 9.84 Å². The number of rotatable bonds is 7. The number of hydrogen-bond donors (Lipinski definition) is 2. The topological polar surface area (TPSA) is 53.8 Å². The number of hydrogen-bond acceptors (Lipinski definition) is 4. The molecule has 0 atom stereocenters. The normalized spacial score (nSPS) is 10.8. The van der Waals surface area contributed by atoms with Crippen molar-refractivity contribution in [3.63, 3.8) is 0 Å². The van der Waals surface area contributed by atoms with Gasteiger partial charge >= 0.3 is 0 Å². The van der Waals surface area contributed by atoms with E-state index < -0.39 is 0 Å². The lowest BCUT2D eigenvalue weighted by Crippen LogP contribution is -2.11. The molecule has 21 heavy (non-hydrogen) atoms. The Kier molecular flexibility index (Phi) is 5.79. The molecule has 0 fully saturated rings. The Labute approximate surface area is 125 Å². The molecular formula is C17H20N2O2. The quantitative estimate of drug-likeness (QED) is 0.466. The van der Waals surface area contributed by atoms with Gasteiger partial charge in [-0.05, 0) is 24.6 Å². The maximum atomic E-state index is 8.69. The highest BCUT2D eigenvalue weighted by Crippen LogP contribution is 2.17. The third kappa shape index (κ3) is 4.93. The summed E-state index contributed by atoms with van der Waals surface area (Å²) in [6.45, 7) is 3.08. The minimum Gasteiger partial charge on any atom is -0.488 e. The Morgan fingerprint density at radius 1 is 1.14 bits per heavy atom. The molecule has 2 aromatic carbocycles. The van der Waals surface area contributed by atoms with Crippen LogP contribution in [0.25, 0.3) is 0 Å². The van der Waals surface area contributed by atoms with Gasteiger partial charge in [0.25, 0.3) is 0 Å². The molecule has 4 nitrogen and oxygen atoms in total. The third-order valence-corrected chi connectivity index (χ3v) is 2.95. The second-order valence-corrected chi connectivity index (χ2v) is 4.70. The maximum absolute atomic E-state index is 8.69. The lowest BCUT2D eigenvalue weighted by Gasteiger charge is -2.09. The summed E-state index contributed by atoms with van der Waals surface area (Å²) in [5.74, 6) is 0.785. The standard InChI is InChI=1S/C17H20N2O2/c1-14-6-8-15(9-7-14)13-21-17-5-3-2-4-16(17)12-19-18-10-11-20/h2-9,12,18,20H,10-11,13H2,1H3. The molecule has 0 saturated heterocycles. The summed E-state index contributed by atoms with van der Waals surface area (Å²) < 4.78 is 5.85. The molecule has 0 unspecified atom stereocenters. The van der Waals surface area contributed by atoms with Gasteiger partial charge in [-0.25, -0.2) is 0 Å². The Hall–Kier alpha value is -2.33. The van der Waals surface area contributed by atoms with Gasteiger partial charge in [-0.1, -0.05) is 42.0 Å². The van der Waals surface area contributed by atoms with E-state index in [9.17, 15) is 0 Å². The molecule has 0 spiro atoms. The van der Waals surface area contributed by atoms with Gasteiger partial charge in [0.2, 0.25) is 0 Å². The lowest BCUT2D eigenvalue weighted by molar-refractivity contribution is 0.293. The summed E-state index contributed by atoms with van der Waals surface area (Å²) in [6.07, 6.45) is 1.69. The van der Waals surface area contributed by atoms with E-state index in [0.29, 0.717) is 13.2 Å². The van der Waals surface area contributed by atoms with Gasteiger partial charge < -0.3 is 15.3 Å². The maximum Gasteiger partial charge on any atom is 0.128 e. The lowest BCUT2D eigenvalue weighted by atomic mass is 10.1. The van der Waals surface area contributed by atoms with Crippen LogP contribution in [0.2, 0.25) is 0 Å². The number of nitrogens with zero attached hydrogens (tertiary/aromatic N) is 1. The molecule has 0 aliphatic rings. The van der Waals surface area contributed by atoms with Crippen molar-refractivity contribution < 1.29 is 9.84 Å². The number of hydrazone groups is 1. The fourth-order valence-electron chi connectivity index (χ4n) is 1.79. The number of ether oxygens (including phenoxy) is 1. The minimum absolute atomic E-state index is 0.0584. The van der Waals surface area contributed by atoms with E-state index in [1.807, 2.05) is 24.3 Å². The molecule has 2 rings (SSSR count). The SMILES string of the molecule is Cc1ccc(COc2ccccc2C=NNCCO)cc1. The molecule has 0 radical (unpaired) electrons. The highest BCUT2D eigenvalue weighted by Gasteiger charge is 2.01. The number of nitrogens with one attached hydrogen (secondary N) is 1. The first-order chi connectivity index (χ1) is 10.3.